The van der Waals surface area contributed by atoms with Crippen LogP contribution in [0.25, 0.3) is 0 Å². The molecule has 0 saturated heterocycles. The highest BCUT2D eigenvalue weighted by Gasteiger charge is 2.01. The van der Waals surface area contributed by atoms with Crippen LogP contribution in [-0.4, -0.2) is 33.5 Å². The molecule has 21 heavy (non-hydrogen) atoms. The van der Waals surface area contributed by atoms with E-state index in [2.05, 4.69) is 33.2 Å². The molecule has 0 spiro atoms. The van der Waals surface area contributed by atoms with Crippen LogP contribution in [0.15, 0.2) is 30.5 Å². The predicted octanol–water partition coefficient (Wildman–Crippen LogP) is 3.08. The molecule has 0 bridgehead atoms. The van der Waals surface area contributed by atoms with Crippen molar-refractivity contribution in [3.63, 3.8) is 0 Å². The topological polar surface area (TPSA) is 49.2 Å². The Morgan fingerprint density at radius 2 is 1.76 bits per heavy atom. The first kappa shape index (κ1) is 15.8. The van der Waals surface area contributed by atoms with Crippen molar-refractivity contribution in [3.05, 3.63) is 36.2 Å². The van der Waals surface area contributed by atoms with Crippen LogP contribution in [0, 0.1) is 0 Å². The molecule has 5 nitrogen and oxygen atoms in total. The largest absolute Gasteiger partial charge is 0.494 e. The lowest BCUT2D eigenvalue weighted by molar-refractivity contribution is 0.287. The van der Waals surface area contributed by atoms with Gasteiger partial charge < -0.3 is 9.47 Å². The fourth-order valence-corrected chi connectivity index (χ4v) is 2.17. The van der Waals surface area contributed by atoms with Gasteiger partial charge in [-0.15, -0.1) is 5.10 Å². The maximum Gasteiger partial charge on any atom is 0.119 e. The summed E-state index contributed by atoms with van der Waals surface area (Å²) in [5.74, 6) is 1.71. The second-order valence-corrected chi connectivity index (χ2v) is 5.37. The molecular formula is C15H20BrN3O2. The molecule has 0 atom stereocenters. The van der Waals surface area contributed by atoms with Gasteiger partial charge in [0.05, 0.1) is 18.8 Å². The third kappa shape index (κ3) is 5.38. The quantitative estimate of drug-likeness (QED) is 0.650. The number of alkyl halides is 1. The molecule has 1 aromatic carbocycles. The van der Waals surface area contributed by atoms with E-state index in [4.69, 9.17) is 9.47 Å². The summed E-state index contributed by atoms with van der Waals surface area (Å²) in [5, 5.41) is 9.04. The maximum absolute atomic E-state index is 5.69. The van der Waals surface area contributed by atoms with E-state index in [1.807, 2.05) is 30.5 Å². The maximum atomic E-state index is 5.69. The van der Waals surface area contributed by atoms with Crippen LogP contribution in [0.3, 0.4) is 0 Å². The van der Waals surface area contributed by atoms with Gasteiger partial charge in [0.2, 0.25) is 0 Å². The van der Waals surface area contributed by atoms with Crippen molar-refractivity contribution in [2.45, 2.75) is 26.3 Å². The average Bonchev–Trinajstić information content (AvgIpc) is 2.94. The second-order valence-electron chi connectivity index (χ2n) is 4.58. The minimum atomic E-state index is 0.562. The molecule has 0 amide bonds. The molecule has 0 fully saturated rings. The van der Waals surface area contributed by atoms with Gasteiger partial charge in [0.15, 0.2) is 0 Å². The molecule has 0 aliphatic carbocycles. The molecule has 0 saturated carbocycles. The third-order valence-electron chi connectivity index (χ3n) is 2.82. The Bertz CT molecular complexity index is 528. The number of rotatable bonds is 9. The Kier molecular flexibility index (Phi) is 6.53. The fourth-order valence-electron chi connectivity index (χ4n) is 1.77. The Morgan fingerprint density at radius 1 is 1.10 bits per heavy atom. The normalized spacial score (nSPS) is 10.6. The first-order valence-corrected chi connectivity index (χ1v) is 8.24. The zero-order chi connectivity index (χ0) is 14.9. The van der Waals surface area contributed by atoms with E-state index < -0.39 is 0 Å². The molecule has 1 aromatic heterocycles. The number of ether oxygens (including phenoxy) is 2. The second kappa shape index (κ2) is 8.67. The van der Waals surface area contributed by atoms with Crippen LogP contribution >= 0.6 is 15.9 Å². The molecule has 114 valence electrons. The van der Waals surface area contributed by atoms with Gasteiger partial charge in [-0.25, -0.2) is 4.68 Å². The van der Waals surface area contributed by atoms with Gasteiger partial charge in [0, 0.05) is 17.9 Å². The Balaban J connectivity index is 1.74. The van der Waals surface area contributed by atoms with Crippen molar-refractivity contribution < 1.29 is 9.47 Å². The van der Waals surface area contributed by atoms with Crippen LogP contribution in [0.5, 0.6) is 11.5 Å². The lowest BCUT2D eigenvalue weighted by Gasteiger charge is -2.08. The highest BCUT2D eigenvalue weighted by Crippen LogP contribution is 2.17. The predicted molar refractivity (Wildman–Crippen MR) is 85.2 cm³/mol. The summed E-state index contributed by atoms with van der Waals surface area (Å²) in [4.78, 5) is 0. The molecule has 0 radical (unpaired) electrons. The SMILES string of the molecule is CCCOc1ccc(OCCn2cc(CCBr)nn2)cc1. The highest BCUT2D eigenvalue weighted by atomic mass is 79.9. The van der Waals surface area contributed by atoms with Gasteiger partial charge in [0.25, 0.3) is 0 Å². The number of benzene rings is 1. The number of aromatic nitrogens is 3. The molecule has 0 aliphatic rings. The summed E-state index contributed by atoms with van der Waals surface area (Å²) in [6.07, 6.45) is 3.85. The van der Waals surface area contributed by atoms with Crippen molar-refractivity contribution in [2.75, 3.05) is 18.5 Å². The van der Waals surface area contributed by atoms with Gasteiger partial charge in [-0.05, 0) is 30.7 Å². The van der Waals surface area contributed by atoms with E-state index in [1.54, 1.807) is 4.68 Å². The first-order valence-electron chi connectivity index (χ1n) is 7.12. The number of hydrogen-bond acceptors (Lipinski definition) is 4. The van der Waals surface area contributed by atoms with Crippen LogP contribution in [0.2, 0.25) is 0 Å². The van der Waals surface area contributed by atoms with Crippen LogP contribution in [0.1, 0.15) is 19.0 Å². The van der Waals surface area contributed by atoms with Crippen molar-refractivity contribution >= 4 is 15.9 Å². The summed E-state index contributed by atoms with van der Waals surface area (Å²) in [6.45, 7) is 4.07. The van der Waals surface area contributed by atoms with Crippen molar-refractivity contribution in [2.24, 2.45) is 0 Å². The Morgan fingerprint density at radius 3 is 2.38 bits per heavy atom. The molecule has 1 heterocycles. The minimum Gasteiger partial charge on any atom is -0.494 e. The summed E-state index contributed by atoms with van der Waals surface area (Å²) in [7, 11) is 0. The van der Waals surface area contributed by atoms with Crippen molar-refractivity contribution in [1.82, 2.24) is 15.0 Å². The molecule has 0 N–H and O–H groups in total. The number of aryl methyl sites for hydroxylation is 1. The number of hydrogen-bond donors (Lipinski definition) is 0. The van der Waals surface area contributed by atoms with E-state index in [9.17, 15) is 0 Å². The zero-order valence-corrected chi connectivity index (χ0v) is 13.8. The van der Waals surface area contributed by atoms with Gasteiger partial charge >= 0.3 is 0 Å². The first-order chi connectivity index (χ1) is 10.3. The van der Waals surface area contributed by atoms with Gasteiger partial charge in [-0.3, -0.25) is 0 Å². The monoisotopic (exact) mass is 353 g/mol. The molecule has 2 aromatic rings. The lowest BCUT2D eigenvalue weighted by Crippen LogP contribution is -2.08. The van der Waals surface area contributed by atoms with Crippen LogP contribution in [-0.2, 0) is 13.0 Å². The van der Waals surface area contributed by atoms with E-state index in [1.165, 1.54) is 0 Å². The van der Waals surface area contributed by atoms with Gasteiger partial charge in [-0.1, -0.05) is 28.1 Å². The van der Waals surface area contributed by atoms with Crippen molar-refractivity contribution in [1.29, 1.82) is 0 Å². The lowest BCUT2D eigenvalue weighted by atomic mass is 10.3. The van der Waals surface area contributed by atoms with E-state index in [0.29, 0.717) is 13.2 Å². The standard InChI is InChI=1S/C15H20BrN3O2/c1-2-10-20-14-3-5-15(6-4-14)21-11-9-19-12-13(7-8-16)17-18-19/h3-6,12H,2,7-11H2,1H3. The Hall–Kier alpha value is -1.56. The summed E-state index contributed by atoms with van der Waals surface area (Å²) >= 11 is 3.39. The summed E-state index contributed by atoms with van der Waals surface area (Å²) in [6, 6.07) is 7.69. The van der Waals surface area contributed by atoms with E-state index >= 15 is 0 Å². The molecule has 0 aliphatic heterocycles. The summed E-state index contributed by atoms with van der Waals surface area (Å²) < 4.78 is 13.0. The molecule has 6 heteroatoms. The molecular weight excluding hydrogens is 334 g/mol. The van der Waals surface area contributed by atoms with Crippen molar-refractivity contribution in [3.8, 4) is 11.5 Å². The van der Waals surface area contributed by atoms with E-state index in [0.717, 1.165) is 42.0 Å². The Labute approximate surface area is 133 Å². The van der Waals surface area contributed by atoms with Crippen LogP contribution < -0.4 is 9.47 Å². The van der Waals surface area contributed by atoms with Gasteiger partial charge in [-0.2, -0.15) is 0 Å². The third-order valence-corrected chi connectivity index (χ3v) is 3.22. The molecule has 2 rings (SSSR count). The smallest absolute Gasteiger partial charge is 0.119 e. The van der Waals surface area contributed by atoms with Gasteiger partial charge in [0.1, 0.15) is 18.1 Å². The molecule has 0 unspecified atom stereocenters. The van der Waals surface area contributed by atoms with E-state index in [-0.39, 0.29) is 0 Å². The zero-order valence-electron chi connectivity index (χ0n) is 12.2. The number of nitrogens with zero attached hydrogens (tertiary/aromatic N) is 3. The fraction of sp³-hybridized carbons (Fsp3) is 0.467. The summed E-state index contributed by atoms with van der Waals surface area (Å²) in [5.41, 5.74) is 0.990. The highest BCUT2D eigenvalue weighted by molar-refractivity contribution is 9.09. The average molecular weight is 354 g/mol. The van der Waals surface area contributed by atoms with Crippen LogP contribution in [0.4, 0.5) is 0 Å². The minimum absolute atomic E-state index is 0.562. The number of halogens is 1.